The van der Waals surface area contributed by atoms with Crippen LogP contribution in [0.5, 0.6) is 23.0 Å². The number of hydrogen-bond donors (Lipinski definition) is 1. The van der Waals surface area contributed by atoms with E-state index in [2.05, 4.69) is 4.98 Å². The molecule has 0 fully saturated rings. The summed E-state index contributed by atoms with van der Waals surface area (Å²) in [6.45, 7) is 1.09. The minimum atomic E-state index is -0.0380. The van der Waals surface area contributed by atoms with Crippen LogP contribution in [0.15, 0.2) is 60.8 Å². The van der Waals surface area contributed by atoms with Gasteiger partial charge in [-0.2, -0.15) is 0 Å². The van der Waals surface area contributed by atoms with Gasteiger partial charge in [-0.1, -0.05) is 24.3 Å². The number of aromatic nitrogens is 1. The topological polar surface area (TPSA) is 73.0 Å². The molecule has 0 atom stereocenters. The van der Waals surface area contributed by atoms with E-state index in [1.807, 2.05) is 71.8 Å². The van der Waals surface area contributed by atoms with Crippen LogP contribution in [0.25, 0.3) is 22.6 Å². The lowest BCUT2D eigenvalue weighted by molar-refractivity contribution is -0.125. The van der Waals surface area contributed by atoms with Gasteiger partial charge < -0.3 is 28.8 Å². The average molecular weight is 499 g/mol. The van der Waals surface area contributed by atoms with Crippen molar-refractivity contribution in [3.63, 3.8) is 0 Å². The Kier molecular flexibility index (Phi) is 6.77. The Bertz CT molecular complexity index is 1440. The molecular weight excluding hydrogens is 468 g/mol. The van der Waals surface area contributed by atoms with E-state index in [9.17, 15) is 4.79 Å². The molecule has 1 aliphatic rings. The van der Waals surface area contributed by atoms with Crippen molar-refractivity contribution in [3.05, 3.63) is 83.0 Å². The van der Waals surface area contributed by atoms with Gasteiger partial charge in [0.15, 0.2) is 11.5 Å². The molecule has 0 saturated carbocycles. The molecule has 190 valence electrons. The summed E-state index contributed by atoms with van der Waals surface area (Å²) in [4.78, 5) is 19.4. The van der Waals surface area contributed by atoms with E-state index in [-0.39, 0.29) is 5.91 Å². The lowest BCUT2D eigenvalue weighted by Crippen LogP contribution is -2.34. The number of methoxy groups -OCH3 is 4. The van der Waals surface area contributed by atoms with E-state index in [1.165, 1.54) is 5.56 Å². The molecule has 0 unspecified atom stereocenters. The summed E-state index contributed by atoms with van der Waals surface area (Å²) in [7, 11) is 6.38. The summed E-state index contributed by atoms with van der Waals surface area (Å²) in [6.07, 6.45) is 4.72. The van der Waals surface area contributed by atoms with Gasteiger partial charge in [0.25, 0.3) is 5.91 Å². The largest absolute Gasteiger partial charge is 0.497 e. The third kappa shape index (κ3) is 4.60. The van der Waals surface area contributed by atoms with Gasteiger partial charge in [0.2, 0.25) is 5.75 Å². The van der Waals surface area contributed by atoms with Crippen molar-refractivity contribution in [2.24, 2.45) is 0 Å². The van der Waals surface area contributed by atoms with Gasteiger partial charge in [-0.05, 0) is 65.1 Å². The molecule has 1 N–H and O–H groups in total. The van der Waals surface area contributed by atoms with E-state index in [0.717, 1.165) is 39.8 Å². The zero-order valence-electron chi connectivity index (χ0n) is 21.5. The number of carbonyl (C=O) groups is 1. The molecule has 37 heavy (non-hydrogen) atoms. The van der Waals surface area contributed by atoms with Gasteiger partial charge in [-0.15, -0.1) is 0 Å². The fourth-order valence-electron chi connectivity index (χ4n) is 4.91. The molecule has 1 aliphatic heterocycles. The summed E-state index contributed by atoms with van der Waals surface area (Å²) in [5.41, 5.74) is 5.51. The SMILES string of the molecule is COc1ccc(CN2CCc3c[nH]c4cccc(c34)/C(=C/c3cc(OC)c(OC)c(OC)c3)C2=O)cc1. The van der Waals surface area contributed by atoms with Crippen molar-refractivity contribution < 1.29 is 23.7 Å². The molecule has 1 aromatic heterocycles. The molecule has 3 aromatic carbocycles. The molecule has 5 rings (SSSR count). The Hall–Kier alpha value is -4.39. The Morgan fingerprint density at radius 2 is 1.65 bits per heavy atom. The van der Waals surface area contributed by atoms with Gasteiger partial charge in [0.05, 0.1) is 28.4 Å². The fraction of sp³-hybridized carbons (Fsp3) is 0.233. The molecule has 0 radical (unpaired) electrons. The van der Waals surface area contributed by atoms with Gasteiger partial charge >= 0.3 is 0 Å². The monoisotopic (exact) mass is 498 g/mol. The van der Waals surface area contributed by atoms with Crippen LogP contribution < -0.4 is 18.9 Å². The number of aromatic amines is 1. The van der Waals surface area contributed by atoms with Crippen LogP contribution in [-0.4, -0.2) is 50.8 Å². The lowest BCUT2D eigenvalue weighted by atomic mass is 9.93. The van der Waals surface area contributed by atoms with E-state index in [4.69, 9.17) is 18.9 Å². The average Bonchev–Trinajstić information content (AvgIpc) is 3.36. The first-order valence-electron chi connectivity index (χ1n) is 12.1. The van der Waals surface area contributed by atoms with Crippen LogP contribution in [0.2, 0.25) is 0 Å². The maximum atomic E-state index is 14.2. The third-order valence-electron chi connectivity index (χ3n) is 6.78. The second-order valence-electron chi connectivity index (χ2n) is 8.88. The van der Waals surface area contributed by atoms with E-state index < -0.39 is 0 Å². The zero-order valence-corrected chi connectivity index (χ0v) is 21.5. The molecule has 0 bridgehead atoms. The number of amides is 1. The first kappa shape index (κ1) is 24.3. The minimum Gasteiger partial charge on any atom is -0.497 e. The Balaban J connectivity index is 1.64. The first-order valence-corrected chi connectivity index (χ1v) is 12.1. The van der Waals surface area contributed by atoms with Gasteiger partial charge in [0.1, 0.15) is 5.75 Å². The fourth-order valence-corrected chi connectivity index (χ4v) is 4.91. The molecule has 4 aromatic rings. The summed E-state index contributed by atoms with van der Waals surface area (Å²) in [5, 5.41) is 1.08. The highest BCUT2D eigenvalue weighted by molar-refractivity contribution is 6.27. The Morgan fingerprint density at radius 1 is 0.919 bits per heavy atom. The van der Waals surface area contributed by atoms with Crippen molar-refractivity contribution in [2.45, 2.75) is 13.0 Å². The minimum absolute atomic E-state index is 0.0380. The third-order valence-corrected chi connectivity index (χ3v) is 6.78. The summed E-state index contributed by atoms with van der Waals surface area (Å²) in [6, 6.07) is 17.6. The zero-order chi connectivity index (χ0) is 25.9. The number of ether oxygens (including phenoxy) is 4. The molecule has 7 nitrogen and oxygen atoms in total. The normalized spacial score (nSPS) is 14.4. The van der Waals surface area contributed by atoms with Crippen molar-refractivity contribution >= 4 is 28.5 Å². The maximum Gasteiger partial charge on any atom is 0.254 e. The van der Waals surface area contributed by atoms with Crippen LogP contribution >= 0.6 is 0 Å². The number of H-pyrrole nitrogens is 1. The highest BCUT2D eigenvalue weighted by Gasteiger charge is 2.26. The Morgan fingerprint density at radius 3 is 2.30 bits per heavy atom. The van der Waals surface area contributed by atoms with Crippen LogP contribution in [0, 0.1) is 0 Å². The maximum absolute atomic E-state index is 14.2. The number of benzene rings is 3. The van der Waals surface area contributed by atoms with Gasteiger partial charge in [-0.3, -0.25) is 4.79 Å². The molecule has 2 heterocycles. The number of hydrogen-bond acceptors (Lipinski definition) is 5. The predicted octanol–water partition coefficient (Wildman–Crippen LogP) is 5.33. The highest BCUT2D eigenvalue weighted by atomic mass is 16.5. The number of nitrogens with zero attached hydrogens (tertiary/aromatic N) is 1. The van der Waals surface area contributed by atoms with Gasteiger partial charge in [-0.25, -0.2) is 0 Å². The quantitative estimate of drug-likeness (QED) is 0.349. The van der Waals surface area contributed by atoms with Crippen molar-refractivity contribution in [2.75, 3.05) is 35.0 Å². The second-order valence-corrected chi connectivity index (χ2v) is 8.88. The standard InChI is InChI=1S/C30H30N2O5/c1-34-22-10-8-19(9-11-22)18-32-13-12-21-17-31-25-7-5-6-23(28(21)25)24(30(32)33)14-20-15-26(35-2)29(37-4)27(16-20)36-3/h5-11,14-17,31H,12-13,18H2,1-4H3/b24-14-. The molecule has 1 amide bonds. The molecule has 0 spiro atoms. The van der Waals surface area contributed by atoms with Crippen LogP contribution in [0.1, 0.15) is 22.3 Å². The van der Waals surface area contributed by atoms with Crippen LogP contribution in [-0.2, 0) is 17.8 Å². The van der Waals surface area contributed by atoms with E-state index >= 15 is 0 Å². The number of carbonyl (C=O) groups excluding carboxylic acids is 1. The molecule has 7 heteroatoms. The van der Waals surface area contributed by atoms with Crippen LogP contribution in [0.3, 0.4) is 0 Å². The molecule has 0 saturated heterocycles. The molecular formula is C30H30N2O5. The summed E-state index contributed by atoms with van der Waals surface area (Å²) in [5.74, 6) is 2.32. The summed E-state index contributed by atoms with van der Waals surface area (Å²) < 4.78 is 21.9. The second kappa shape index (κ2) is 10.3. The van der Waals surface area contributed by atoms with Crippen LogP contribution in [0.4, 0.5) is 0 Å². The van der Waals surface area contributed by atoms with Gasteiger partial charge in [0, 0.05) is 35.8 Å². The highest BCUT2D eigenvalue weighted by Crippen LogP contribution is 2.40. The Labute approximate surface area is 216 Å². The van der Waals surface area contributed by atoms with Crippen molar-refractivity contribution in [3.8, 4) is 23.0 Å². The predicted molar refractivity (Wildman–Crippen MR) is 144 cm³/mol. The number of nitrogens with one attached hydrogen (secondary N) is 1. The number of rotatable bonds is 7. The van der Waals surface area contributed by atoms with E-state index in [0.29, 0.717) is 35.9 Å². The van der Waals surface area contributed by atoms with E-state index in [1.54, 1.807) is 28.4 Å². The van der Waals surface area contributed by atoms with Crippen molar-refractivity contribution in [1.82, 2.24) is 9.88 Å². The lowest BCUT2D eigenvalue weighted by Gasteiger charge is -2.27. The molecule has 0 aliphatic carbocycles. The smallest absolute Gasteiger partial charge is 0.254 e. The summed E-state index contributed by atoms with van der Waals surface area (Å²) >= 11 is 0. The first-order chi connectivity index (χ1) is 18.1. The van der Waals surface area contributed by atoms with Crippen molar-refractivity contribution in [1.29, 1.82) is 0 Å².